The van der Waals surface area contributed by atoms with Crippen LogP contribution < -0.4 is 16.6 Å². The van der Waals surface area contributed by atoms with E-state index >= 15 is 0 Å². The third kappa shape index (κ3) is 3.59. The molecule has 1 fully saturated rings. The van der Waals surface area contributed by atoms with E-state index in [4.69, 9.17) is 5.73 Å². The van der Waals surface area contributed by atoms with Gasteiger partial charge < -0.3 is 15.6 Å². The fraction of sp³-hybridized carbons (Fsp3) is 0.571. The highest BCUT2D eigenvalue weighted by Crippen LogP contribution is 2.36. The van der Waals surface area contributed by atoms with Gasteiger partial charge in [-0.15, -0.1) is 0 Å². The number of nitrogens with zero attached hydrogens (tertiary/aromatic N) is 1. The van der Waals surface area contributed by atoms with Crippen molar-refractivity contribution in [1.82, 2.24) is 9.88 Å². The van der Waals surface area contributed by atoms with E-state index in [2.05, 4.69) is 12.2 Å². The summed E-state index contributed by atoms with van der Waals surface area (Å²) in [7, 11) is 0. The number of aromatic nitrogens is 1. The lowest BCUT2D eigenvalue weighted by Gasteiger charge is -2.23. The van der Waals surface area contributed by atoms with Gasteiger partial charge in [0.25, 0.3) is 5.56 Å². The molecule has 0 radical (unpaired) electrons. The van der Waals surface area contributed by atoms with Crippen LogP contribution >= 0.6 is 0 Å². The minimum atomic E-state index is -0.212. The number of hydrogen-bond acceptors (Lipinski definition) is 3. The number of amides is 1. The molecule has 1 aliphatic rings. The molecule has 104 valence electrons. The van der Waals surface area contributed by atoms with Gasteiger partial charge in [0.1, 0.15) is 6.54 Å². The molecule has 0 atom stereocenters. The number of anilines is 1. The third-order valence-electron chi connectivity index (χ3n) is 3.84. The van der Waals surface area contributed by atoms with E-state index in [1.807, 2.05) is 0 Å². The van der Waals surface area contributed by atoms with Crippen molar-refractivity contribution in [2.45, 2.75) is 39.2 Å². The van der Waals surface area contributed by atoms with Gasteiger partial charge in [0.2, 0.25) is 5.91 Å². The first-order valence-corrected chi connectivity index (χ1v) is 6.71. The Morgan fingerprint density at radius 2 is 2.11 bits per heavy atom. The number of pyridine rings is 1. The Labute approximate surface area is 112 Å². The Balaban J connectivity index is 1.90. The first kappa shape index (κ1) is 13.6. The second-order valence-corrected chi connectivity index (χ2v) is 5.72. The molecule has 1 amide bonds. The Bertz CT molecular complexity index is 516. The second kappa shape index (κ2) is 5.47. The van der Waals surface area contributed by atoms with E-state index < -0.39 is 0 Å². The van der Waals surface area contributed by atoms with Crippen molar-refractivity contribution in [3.63, 3.8) is 0 Å². The summed E-state index contributed by atoms with van der Waals surface area (Å²) in [5.74, 6) is -0.138. The molecule has 2 rings (SSSR count). The summed E-state index contributed by atoms with van der Waals surface area (Å²) in [4.78, 5) is 23.4. The molecular formula is C14H21N3O2. The molecule has 1 saturated carbocycles. The maximum Gasteiger partial charge on any atom is 0.251 e. The normalized spacial score (nSPS) is 17.3. The molecule has 0 aromatic carbocycles. The molecule has 3 N–H and O–H groups in total. The summed E-state index contributed by atoms with van der Waals surface area (Å²) >= 11 is 0. The van der Waals surface area contributed by atoms with E-state index in [0.29, 0.717) is 12.2 Å². The van der Waals surface area contributed by atoms with E-state index in [-0.39, 0.29) is 23.4 Å². The van der Waals surface area contributed by atoms with Gasteiger partial charge in [-0.1, -0.05) is 19.8 Å². The highest BCUT2D eigenvalue weighted by molar-refractivity contribution is 5.75. The van der Waals surface area contributed by atoms with Gasteiger partial charge in [-0.2, -0.15) is 0 Å². The SMILES string of the molecule is CC1(CNC(=O)Cn2cc(N)ccc2=O)CCCC1. The zero-order chi connectivity index (χ0) is 13.9. The van der Waals surface area contributed by atoms with Crippen LogP contribution in [0.25, 0.3) is 0 Å². The Kier molecular flexibility index (Phi) is 3.93. The minimum Gasteiger partial charge on any atom is -0.398 e. The average molecular weight is 263 g/mol. The lowest BCUT2D eigenvalue weighted by molar-refractivity contribution is -0.122. The van der Waals surface area contributed by atoms with Crippen molar-refractivity contribution in [3.05, 3.63) is 28.7 Å². The molecule has 1 aromatic heterocycles. The first-order chi connectivity index (χ1) is 8.98. The highest BCUT2D eigenvalue weighted by Gasteiger charge is 2.28. The summed E-state index contributed by atoms with van der Waals surface area (Å²) in [6.45, 7) is 2.91. The van der Waals surface area contributed by atoms with Gasteiger partial charge in [0.15, 0.2) is 0 Å². The monoisotopic (exact) mass is 263 g/mol. The molecule has 1 heterocycles. The molecule has 0 spiro atoms. The first-order valence-electron chi connectivity index (χ1n) is 6.71. The molecular weight excluding hydrogens is 242 g/mol. The predicted octanol–water partition coefficient (Wildman–Crippen LogP) is 1.13. The molecule has 1 aromatic rings. The maximum atomic E-state index is 11.9. The van der Waals surface area contributed by atoms with Crippen molar-refractivity contribution in [3.8, 4) is 0 Å². The number of rotatable bonds is 4. The average Bonchev–Trinajstić information content (AvgIpc) is 2.79. The van der Waals surface area contributed by atoms with Crippen molar-refractivity contribution < 1.29 is 4.79 Å². The molecule has 0 unspecified atom stereocenters. The Morgan fingerprint density at radius 1 is 1.42 bits per heavy atom. The van der Waals surface area contributed by atoms with Crippen molar-refractivity contribution in [1.29, 1.82) is 0 Å². The predicted molar refractivity (Wildman–Crippen MR) is 74.7 cm³/mol. The number of nitrogens with one attached hydrogen (secondary N) is 1. The van der Waals surface area contributed by atoms with E-state index in [9.17, 15) is 9.59 Å². The van der Waals surface area contributed by atoms with Gasteiger partial charge in [-0.05, 0) is 24.3 Å². The molecule has 0 saturated heterocycles. The zero-order valence-electron chi connectivity index (χ0n) is 11.3. The van der Waals surface area contributed by atoms with E-state index in [1.165, 1.54) is 35.7 Å². The summed E-state index contributed by atoms with van der Waals surface area (Å²) < 4.78 is 1.33. The highest BCUT2D eigenvalue weighted by atomic mass is 16.2. The maximum absolute atomic E-state index is 11.9. The van der Waals surface area contributed by atoms with E-state index in [1.54, 1.807) is 0 Å². The fourth-order valence-corrected chi connectivity index (χ4v) is 2.60. The van der Waals surface area contributed by atoms with Crippen LogP contribution in [0.3, 0.4) is 0 Å². The Morgan fingerprint density at radius 3 is 2.79 bits per heavy atom. The van der Waals surface area contributed by atoms with E-state index in [0.717, 1.165) is 12.8 Å². The van der Waals surface area contributed by atoms with Crippen molar-refractivity contribution in [2.24, 2.45) is 5.41 Å². The van der Waals surface area contributed by atoms with Crippen LogP contribution in [0.1, 0.15) is 32.6 Å². The number of nitrogens with two attached hydrogens (primary N) is 1. The van der Waals surface area contributed by atoms with Crippen LogP contribution in [0.15, 0.2) is 23.1 Å². The van der Waals surface area contributed by atoms with Crippen LogP contribution in [0, 0.1) is 5.41 Å². The summed E-state index contributed by atoms with van der Waals surface area (Å²) in [6.07, 6.45) is 6.29. The molecule has 5 heteroatoms. The lowest BCUT2D eigenvalue weighted by atomic mass is 9.89. The van der Waals surface area contributed by atoms with Crippen LogP contribution in [-0.4, -0.2) is 17.0 Å². The van der Waals surface area contributed by atoms with Gasteiger partial charge in [-0.3, -0.25) is 9.59 Å². The van der Waals surface area contributed by atoms with Crippen LogP contribution in [0.5, 0.6) is 0 Å². The number of nitrogen functional groups attached to an aromatic ring is 1. The molecule has 1 aliphatic carbocycles. The topological polar surface area (TPSA) is 77.1 Å². The van der Waals surface area contributed by atoms with Crippen LogP contribution in [0.2, 0.25) is 0 Å². The second-order valence-electron chi connectivity index (χ2n) is 5.72. The summed E-state index contributed by atoms with van der Waals surface area (Å²) in [5, 5.41) is 2.92. The summed E-state index contributed by atoms with van der Waals surface area (Å²) in [5.41, 5.74) is 6.09. The molecule has 0 bridgehead atoms. The quantitative estimate of drug-likeness (QED) is 0.854. The molecule has 0 aliphatic heterocycles. The minimum absolute atomic E-state index is 0.0277. The van der Waals surface area contributed by atoms with Gasteiger partial charge in [0.05, 0.1) is 0 Å². The van der Waals surface area contributed by atoms with Crippen molar-refractivity contribution in [2.75, 3.05) is 12.3 Å². The van der Waals surface area contributed by atoms with Crippen LogP contribution in [0.4, 0.5) is 5.69 Å². The summed E-state index contributed by atoms with van der Waals surface area (Å²) in [6, 6.07) is 2.91. The van der Waals surface area contributed by atoms with Crippen LogP contribution in [-0.2, 0) is 11.3 Å². The zero-order valence-corrected chi connectivity index (χ0v) is 11.3. The fourth-order valence-electron chi connectivity index (χ4n) is 2.60. The lowest BCUT2D eigenvalue weighted by Crippen LogP contribution is -2.37. The third-order valence-corrected chi connectivity index (χ3v) is 3.84. The largest absolute Gasteiger partial charge is 0.398 e. The molecule has 19 heavy (non-hydrogen) atoms. The number of carbonyl (C=O) groups excluding carboxylic acids is 1. The van der Waals surface area contributed by atoms with Gasteiger partial charge in [-0.25, -0.2) is 0 Å². The number of carbonyl (C=O) groups is 1. The standard InChI is InChI=1S/C14H21N3O2/c1-14(6-2-3-7-14)10-16-12(18)9-17-8-11(15)4-5-13(17)19/h4-5,8H,2-3,6-7,9-10,15H2,1H3,(H,16,18). The van der Waals surface area contributed by atoms with Gasteiger partial charge >= 0.3 is 0 Å². The molecule has 5 nitrogen and oxygen atoms in total. The smallest absolute Gasteiger partial charge is 0.251 e. The van der Waals surface area contributed by atoms with Gasteiger partial charge in [0, 0.05) is 24.5 Å². The number of hydrogen-bond donors (Lipinski definition) is 2. The Hall–Kier alpha value is -1.78. The van der Waals surface area contributed by atoms with Crippen molar-refractivity contribution >= 4 is 11.6 Å².